The summed E-state index contributed by atoms with van der Waals surface area (Å²) in [6.45, 7) is 6.38. The Bertz CT molecular complexity index is 1130. The lowest BCUT2D eigenvalue weighted by molar-refractivity contribution is -0.115. The predicted octanol–water partition coefficient (Wildman–Crippen LogP) is 4.41. The maximum Gasteiger partial charge on any atom is 0.243 e. The first-order chi connectivity index (χ1) is 17.2. The molecule has 3 aromatic rings. The summed E-state index contributed by atoms with van der Waals surface area (Å²) in [5.74, 6) is 0.878. The molecule has 0 bridgehead atoms. The molecule has 6 heteroatoms. The van der Waals surface area contributed by atoms with Crippen LogP contribution < -0.4 is 19.9 Å². The number of fused-ring (bicyclic) bond motifs is 1. The fourth-order valence-electron chi connectivity index (χ4n) is 5.08. The Labute approximate surface area is 208 Å². The van der Waals surface area contributed by atoms with Crippen molar-refractivity contribution >= 4 is 23.0 Å². The van der Waals surface area contributed by atoms with E-state index in [0.29, 0.717) is 6.54 Å². The fourth-order valence-corrected chi connectivity index (χ4v) is 5.08. The molecule has 2 aliphatic heterocycles. The quantitative estimate of drug-likeness (QED) is 0.554. The van der Waals surface area contributed by atoms with Gasteiger partial charge in [0.1, 0.15) is 5.75 Å². The van der Waals surface area contributed by atoms with Crippen LogP contribution in [0.2, 0.25) is 0 Å². The van der Waals surface area contributed by atoms with Crippen LogP contribution in [0.15, 0.2) is 72.8 Å². The zero-order chi connectivity index (χ0) is 24.0. The van der Waals surface area contributed by atoms with Crippen LogP contribution in [0.25, 0.3) is 0 Å². The van der Waals surface area contributed by atoms with Crippen LogP contribution in [0.3, 0.4) is 0 Å². The van der Waals surface area contributed by atoms with Gasteiger partial charge in [-0.2, -0.15) is 0 Å². The molecule has 6 nitrogen and oxygen atoms in total. The highest BCUT2D eigenvalue weighted by molar-refractivity contribution is 5.94. The van der Waals surface area contributed by atoms with Crippen LogP contribution in [-0.4, -0.2) is 57.2 Å². The van der Waals surface area contributed by atoms with E-state index in [-0.39, 0.29) is 5.91 Å². The molecule has 1 N–H and O–H groups in total. The molecule has 1 saturated heterocycles. The average molecular weight is 471 g/mol. The number of nitrogens with one attached hydrogen (secondary N) is 1. The minimum absolute atomic E-state index is 0.0101. The number of carbonyl (C=O) groups excluding carboxylic acids is 1. The summed E-state index contributed by atoms with van der Waals surface area (Å²) in [6.07, 6.45) is 2.06. The average Bonchev–Trinajstić information content (AvgIpc) is 2.90. The van der Waals surface area contributed by atoms with Crippen molar-refractivity contribution in [2.75, 3.05) is 61.5 Å². The van der Waals surface area contributed by atoms with E-state index in [4.69, 9.17) is 4.74 Å². The predicted molar refractivity (Wildman–Crippen MR) is 143 cm³/mol. The number of amides is 1. The number of rotatable bonds is 7. The van der Waals surface area contributed by atoms with Gasteiger partial charge in [-0.05, 0) is 66.4 Å². The van der Waals surface area contributed by atoms with Crippen molar-refractivity contribution in [1.82, 2.24) is 4.90 Å². The third-order valence-electron chi connectivity index (χ3n) is 6.97. The van der Waals surface area contributed by atoms with E-state index < -0.39 is 0 Å². The summed E-state index contributed by atoms with van der Waals surface area (Å²) in [7, 11) is 1.69. The van der Waals surface area contributed by atoms with Gasteiger partial charge in [-0.1, -0.05) is 30.3 Å². The van der Waals surface area contributed by atoms with Gasteiger partial charge in [0, 0.05) is 56.3 Å². The van der Waals surface area contributed by atoms with Crippen molar-refractivity contribution in [3.8, 4) is 5.75 Å². The standard InChI is InChI=1S/C29H34N4O2/c1-35-27-13-14-28-24(20-27)8-5-15-33(28)22-29(34)30-25-9-11-26(12-10-25)32-18-16-31(17-19-32)21-23-6-3-2-4-7-23/h2-4,6-7,9-14,20H,5,8,15-19,21-22H2,1H3,(H,30,34). The smallest absolute Gasteiger partial charge is 0.243 e. The van der Waals surface area contributed by atoms with Gasteiger partial charge in [-0.15, -0.1) is 0 Å². The molecule has 0 unspecified atom stereocenters. The third kappa shape index (κ3) is 5.77. The zero-order valence-corrected chi connectivity index (χ0v) is 20.5. The maximum atomic E-state index is 12.8. The summed E-state index contributed by atoms with van der Waals surface area (Å²) in [5.41, 5.74) is 5.80. The molecule has 35 heavy (non-hydrogen) atoms. The highest BCUT2D eigenvalue weighted by atomic mass is 16.5. The molecule has 1 fully saturated rings. The minimum atomic E-state index is 0.0101. The first-order valence-corrected chi connectivity index (χ1v) is 12.5. The second kappa shape index (κ2) is 10.8. The van der Waals surface area contributed by atoms with Gasteiger partial charge in [0.05, 0.1) is 13.7 Å². The molecule has 5 rings (SSSR count). The van der Waals surface area contributed by atoms with Gasteiger partial charge in [0.2, 0.25) is 5.91 Å². The fraction of sp³-hybridized carbons (Fsp3) is 0.345. The first kappa shape index (κ1) is 23.2. The molecule has 3 aromatic carbocycles. The Morgan fingerprint density at radius 1 is 0.914 bits per heavy atom. The highest BCUT2D eigenvalue weighted by Gasteiger charge is 2.20. The van der Waals surface area contributed by atoms with E-state index in [9.17, 15) is 4.79 Å². The van der Waals surface area contributed by atoms with Crippen LogP contribution in [0.5, 0.6) is 5.75 Å². The number of methoxy groups -OCH3 is 1. The molecule has 0 radical (unpaired) electrons. The lowest BCUT2D eigenvalue weighted by Crippen LogP contribution is -2.45. The molecule has 2 heterocycles. The summed E-state index contributed by atoms with van der Waals surface area (Å²) < 4.78 is 5.35. The molecular formula is C29H34N4O2. The largest absolute Gasteiger partial charge is 0.497 e. The molecular weight excluding hydrogens is 436 g/mol. The van der Waals surface area contributed by atoms with Crippen LogP contribution >= 0.6 is 0 Å². The van der Waals surface area contributed by atoms with Crippen molar-refractivity contribution in [3.63, 3.8) is 0 Å². The first-order valence-electron chi connectivity index (χ1n) is 12.5. The maximum absolute atomic E-state index is 12.8. The van der Waals surface area contributed by atoms with E-state index in [1.165, 1.54) is 16.8 Å². The summed E-state index contributed by atoms with van der Waals surface area (Å²) >= 11 is 0. The zero-order valence-electron chi connectivity index (χ0n) is 20.5. The molecule has 2 aliphatic rings. The Morgan fingerprint density at radius 2 is 1.69 bits per heavy atom. The Kier molecular flexibility index (Phi) is 7.19. The van der Waals surface area contributed by atoms with E-state index in [0.717, 1.165) is 69.2 Å². The number of anilines is 3. The lowest BCUT2D eigenvalue weighted by Gasteiger charge is -2.36. The number of carbonyl (C=O) groups is 1. The molecule has 1 amide bonds. The highest BCUT2D eigenvalue weighted by Crippen LogP contribution is 2.30. The Balaban J connectivity index is 1.12. The van der Waals surface area contributed by atoms with Gasteiger partial charge < -0.3 is 19.9 Å². The molecule has 0 spiro atoms. The second-order valence-electron chi connectivity index (χ2n) is 9.36. The molecule has 0 saturated carbocycles. The SMILES string of the molecule is COc1ccc2c(c1)CCCN2CC(=O)Nc1ccc(N2CCN(Cc3ccccc3)CC2)cc1. The van der Waals surface area contributed by atoms with Crippen molar-refractivity contribution < 1.29 is 9.53 Å². The van der Waals surface area contributed by atoms with E-state index in [1.807, 2.05) is 18.2 Å². The number of hydrogen-bond donors (Lipinski definition) is 1. The molecule has 182 valence electrons. The van der Waals surface area contributed by atoms with Gasteiger partial charge in [0.15, 0.2) is 0 Å². The number of ether oxygens (including phenoxy) is 1. The minimum Gasteiger partial charge on any atom is -0.497 e. The number of benzene rings is 3. The monoisotopic (exact) mass is 470 g/mol. The number of piperazine rings is 1. The summed E-state index contributed by atoms with van der Waals surface area (Å²) in [4.78, 5) is 19.9. The Hall–Kier alpha value is -3.51. The van der Waals surface area contributed by atoms with Crippen molar-refractivity contribution in [3.05, 3.63) is 83.9 Å². The number of nitrogens with zero attached hydrogens (tertiary/aromatic N) is 3. The Morgan fingerprint density at radius 3 is 2.43 bits per heavy atom. The topological polar surface area (TPSA) is 48.1 Å². The molecule has 0 aromatic heterocycles. The number of hydrogen-bond acceptors (Lipinski definition) is 5. The van der Waals surface area contributed by atoms with Crippen molar-refractivity contribution in [1.29, 1.82) is 0 Å². The van der Waals surface area contributed by atoms with Gasteiger partial charge in [-0.3, -0.25) is 9.69 Å². The lowest BCUT2D eigenvalue weighted by atomic mass is 10.0. The van der Waals surface area contributed by atoms with Crippen LogP contribution in [0, 0.1) is 0 Å². The van der Waals surface area contributed by atoms with E-state index >= 15 is 0 Å². The van der Waals surface area contributed by atoms with Crippen LogP contribution in [0.4, 0.5) is 17.1 Å². The van der Waals surface area contributed by atoms with Gasteiger partial charge >= 0.3 is 0 Å². The number of aryl methyl sites for hydroxylation is 1. The summed E-state index contributed by atoms with van der Waals surface area (Å²) in [6, 6.07) is 25.0. The van der Waals surface area contributed by atoms with Gasteiger partial charge in [-0.25, -0.2) is 0 Å². The molecule has 0 aliphatic carbocycles. The van der Waals surface area contributed by atoms with E-state index in [2.05, 4.69) is 74.6 Å². The van der Waals surface area contributed by atoms with Crippen molar-refractivity contribution in [2.45, 2.75) is 19.4 Å². The van der Waals surface area contributed by atoms with Crippen LogP contribution in [0.1, 0.15) is 17.5 Å². The molecule has 0 atom stereocenters. The van der Waals surface area contributed by atoms with Gasteiger partial charge in [0.25, 0.3) is 0 Å². The second-order valence-corrected chi connectivity index (χ2v) is 9.36. The van der Waals surface area contributed by atoms with Crippen molar-refractivity contribution in [2.24, 2.45) is 0 Å². The van der Waals surface area contributed by atoms with E-state index in [1.54, 1.807) is 7.11 Å². The normalized spacial score (nSPS) is 16.0. The summed E-state index contributed by atoms with van der Waals surface area (Å²) in [5, 5.41) is 3.08. The third-order valence-corrected chi connectivity index (χ3v) is 6.97. The van der Waals surface area contributed by atoms with Crippen LogP contribution in [-0.2, 0) is 17.8 Å².